The molecular formula is C22H28N6O4. The van der Waals surface area contributed by atoms with E-state index in [1.807, 2.05) is 19.9 Å². The maximum absolute atomic E-state index is 12.9. The van der Waals surface area contributed by atoms with Crippen molar-refractivity contribution < 1.29 is 18.9 Å². The third-order valence-electron chi connectivity index (χ3n) is 6.13. The zero-order chi connectivity index (χ0) is 22.7. The number of aromatic nitrogens is 3. The maximum Gasteiger partial charge on any atom is 0.325 e. The van der Waals surface area contributed by atoms with Gasteiger partial charge in [-0.05, 0) is 30.9 Å². The topological polar surface area (TPSA) is 130 Å². The van der Waals surface area contributed by atoms with Gasteiger partial charge in [0.15, 0.2) is 0 Å². The minimum absolute atomic E-state index is 0.00204. The zero-order valence-electron chi connectivity index (χ0n) is 18.3. The molecular weight excluding hydrogens is 412 g/mol. The van der Waals surface area contributed by atoms with Crippen molar-refractivity contribution in [3.05, 3.63) is 30.4 Å². The number of rotatable bonds is 7. The third-order valence-corrected chi connectivity index (χ3v) is 6.13. The first kappa shape index (κ1) is 21.9. The Labute approximate surface area is 186 Å². The summed E-state index contributed by atoms with van der Waals surface area (Å²) in [6.07, 6.45) is 7.52. The van der Waals surface area contributed by atoms with Crippen molar-refractivity contribution in [3.63, 3.8) is 0 Å². The first-order valence-corrected chi connectivity index (χ1v) is 11.1. The molecule has 1 aliphatic carbocycles. The highest BCUT2D eigenvalue weighted by Crippen LogP contribution is 2.33. The Morgan fingerprint density at radius 3 is 2.75 bits per heavy atom. The van der Waals surface area contributed by atoms with Crippen molar-refractivity contribution in [1.29, 1.82) is 0 Å². The summed E-state index contributed by atoms with van der Waals surface area (Å²) in [5.74, 6) is 0.167. The van der Waals surface area contributed by atoms with Gasteiger partial charge < -0.3 is 15.2 Å². The van der Waals surface area contributed by atoms with Gasteiger partial charge in [-0.1, -0.05) is 38.3 Å². The van der Waals surface area contributed by atoms with Crippen molar-refractivity contribution in [2.24, 2.45) is 5.92 Å². The highest BCUT2D eigenvalue weighted by Gasteiger charge is 2.51. The average Bonchev–Trinajstić information content (AvgIpc) is 3.35. The Bertz CT molecular complexity index is 983. The van der Waals surface area contributed by atoms with E-state index < -0.39 is 17.6 Å². The molecule has 1 unspecified atom stereocenters. The lowest BCUT2D eigenvalue weighted by Crippen LogP contribution is -2.48. The normalized spacial score (nSPS) is 18.8. The lowest BCUT2D eigenvalue weighted by molar-refractivity contribution is -0.132. The fourth-order valence-corrected chi connectivity index (χ4v) is 4.32. The molecule has 1 saturated carbocycles. The van der Waals surface area contributed by atoms with Gasteiger partial charge in [0.1, 0.15) is 11.6 Å². The lowest BCUT2D eigenvalue weighted by Gasteiger charge is -2.30. The van der Waals surface area contributed by atoms with Crippen LogP contribution in [0.5, 0.6) is 0 Å². The number of hydrogen-bond acceptors (Lipinski definition) is 7. The lowest BCUT2D eigenvalue weighted by atomic mass is 9.82. The molecule has 0 radical (unpaired) electrons. The predicted molar refractivity (Wildman–Crippen MR) is 114 cm³/mol. The number of pyridine rings is 1. The molecule has 0 aromatic carbocycles. The largest absolute Gasteiger partial charge is 0.344 e. The fourth-order valence-electron chi connectivity index (χ4n) is 4.32. The van der Waals surface area contributed by atoms with E-state index in [-0.39, 0.29) is 30.7 Å². The van der Waals surface area contributed by atoms with E-state index >= 15 is 0 Å². The summed E-state index contributed by atoms with van der Waals surface area (Å²) in [5.41, 5.74) is -0.0647. The number of hydrogen-bond donors (Lipinski definition) is 2. The summed E-state index contributed by atoms with van der Waals surface area (Å²) in [6, 6.07) is 2.69. The Kier molecular flexibility index (Phi) is 6.20. The number of nitrogens with one attached hydrogen (secondary N) is 2. The summed E-state index contributed by atoms with van der Waals surface area (Å²) in [5, 5.41) is 9.76. The number of carbonyl (C=O) groups is 3. The van der Waals surface area contributed by atoms with Gasteiger partial charge in [-0.25, -0.2) is 4.79 Å². The molecule has 2 aliphatic rings. The van der Waals surface area contributed by atoms with Crippen LogP contribution in [0.4, 0.5) is 4.79 Å². The second-order valence-electron chi connectivity index (χ2n) is 8.77. The van der Waals surface area contributed by atoms with Crippen molar-refractivity contribution in [3.8, 4) is 11.4 Å². The van der Waals surface area contributed by atoms with Gasteiger partial charge in [-0.3, -0.25) is 19.5 Å². The summed E-state index contributed by atoms with van der Waals surface area (Å²) in [6.45, 7) is 3.90. The van der Waals surface area contributed by atoms with Crippen LogP contribution in [0.15, 0.2) is 29.0 Å². The van der Waals surface area contributed by atoms with Crippen molar-refractivity contribution >= 4 is 17.8 Å². The maximum atomic E-state index is 12.9. The SMILES string of the molecule is CC(C)C(NC(=O)CCN1C(=O)NC2(CCCCC2)C1=O)c1nc(-c2cccnc2)no1. The van der Waals surface area contributed by atoms with Crippen LogP contribution in [0.2, 0.25) is 0 Å². The van der Waals surface area contributed by atoms with Crippen LogP contribution in [-0.4, -0.2) is 50.0 Å². The number of carbonyl (C=O) groups excluding carboxylic acids is 3. The van der Waals surface area contributed by atoms with E-state index in [1.54, 1.807) is 18.5 Å². The number of nitrogens with zero attached hydrogens (tertiary/aromatic N) is 4. The Morgan fingerprint density at radius 1 is 1.28 bits per heavy atom. The fraction of sp³-hybridized carbons (Fsp3) is 0.545. The number of amides is 4. The Balaban J connectivity index is 1.37. The van der Waals surface area contributed by atoms with Gasteiger partial charge in [0.05, 0.1) is 0 Å². The van der Waals surface area contributed by atoms with Gasteiger partial charge in [0.25, 0.3) is 5.91 Å². The van der Waals surface area contributed by atoms with Crippen molar-refractivity contribution in [2.75, 3.05) is 6.54 Å². The van der Waals surface area contributed by atoms with Gasteiger partial charge in [-0.2, -0.15) is 4.98 Å². The monoisotopic (exact) mass is 440 g/mol. The first-order chi connectivity index (χ1) is 15.4. The second kappa shape index (κ2) is 9.05. The van der Waals surface area contributed by atoms with E-state index in [0.717, 1.165) is 19.3 Å². The second-order valence-corrected chi connectivity index (χ2v) is 8.77. The van der Waals surface area contributed by atoms with Gasteiger partial charge in [0.2, 0.25) is 17.6 Å². The van der Waals surface area contributed by atoms with Crippen molar-refractivity contribution in [2.45, 2.75) is 64.0 Å². The van der Waals surface area contributed by atoms with Crippen LogP contribution >= 0.6 is 0 Å². The van der Waals surface area contributed by atoms with E-state index in [4.69, 9.17) is 4.52 Å². The third kappa shape index (κ3) is 4.35. The summed E-state index contributed by atoms with van der Waals surface area (Å²) in [7, 11) is 0. The van der Waals surface area contributed by atoms with E-state index in [9.17, 15) is 14.4 Å². The summed E-state index contributed by atoms with van der Waals surface area (Å²) < 4.78 is 5.40. The van der Waals surface area contributed by atoms with E-state index in [2.05, 4.69) is 25.8 Å². The minimum Gasteiger partial charge on any atom is -0.344 e. The molecule has 2 N–H and O–H groups in total. The molecule has 1 atom stereocenters. The van der Waals surface area contributed by atoms with Crippen LogP contribution < -0.4 is 10.6 Å². The standard InChI is InChI=1S/C22H28N6O4/c1-14(2)17(19-25-18(27-32-19)15-7-6-11-23-13-15)24-16(29)8-12-28-20(30)22(26-21(28)31)9-4-3-5-10-22/h6-7,11,13-14,17H,3-5,8-10,12H2,1-2H3,(H,24,29)(H,26,31). The highest BCUT2D eigenvalue weighted by molar-refractivity contribution is 6.07. The molecule has 4 amide bonds. The summed E-state index contributed by atoms with van der Waals surface area (Å²) >= 11 is 0. The molecule has 1 spiro atoms. The molecule has 10 nitrogen and oxygen atoms in total. The molecule has 1 saturated heterocycles. The first-order valence-electron chi connectivity index (χ1n) is 11.1. The highest BCUT2D eigenvalue weighted by atomic mass is 16.5. The van der Waals surface area contributed by atoms with Crippen LogP contribution in [0.3, 0.4) is 0 Å². The van der Waals surface area contributed by atoms with Gasteiger partial charge in [0, 0.05) is 30.9 Å². The summed E-state index contributed by atoms with van der Waals surface area (Å²) in [4.78, 5) is 47.5. The minimum atomic E-state index is -0.779. The van der Waals surface area contributed by atoms with Crippen LogP contribution in [0.25, 0.3) is 11.4 Å². The Hall–Kier alpha value is -3.30. The van der Waals surface area contributed by atoms with E-state index in [0.29, 0.717) is 30.1 Å². The molecule has 170 valence electrons. The van der Waals surface area contributed by atoms with Crippen LogP contribution in [0.1, 0.15) is 64.3 Å². The molecule has 0 bridgehead atoms. The van der Waals surface area contributed by atoms with Crippen molar-refractivity contribution in [1.82, 2.24) is 30.7 Å². The molecule has 2 aromatic heterocycles. The molecule has 10 heteroatoms. The number of imide groups is 1. The van der Waals surface area contributed by atoms with Crippen LogP contribution in [0, 0.1) is 5.92 Å². The Morgan fingerprint density at radius 2 is 2.06 bits per heavy atom. The predicted octanol–water partition coefficient (Wildman–Crippen LogP) is 2.59. The molecule has 2 aromatic rings. The smallest absolute Gasteiger partial charge is 0.325 e. The molecule has 2 fully saturated rings. The van der Waals surface area contributed by atoms with Crippen LogP contribution in [-0.2, 0) is 9.59 Å². The molecule has 3 heterocycles. The quantitative estimate of drug-likeness (QED) is 0.633. The molecule has 4 rings (SSSR count). The molecule has 1 aliphatic heterocycles. The number of urea groups is 1. The average molecular weight is 441 g/mol. The van der Waals surface area contributed by atoms with Gasteiger partial charge in [-0.15, -0.1) is 0 Å². The van der Waals surface area contributed by atoms with Gasteiger partial charge >= 0.3 is 6.03 Å². The zero-order valence-corrected chi connectivity index (χ0v) is 18.3. The molecule has 32 heavy (non-hydrogen) atoms. The van der Waals surface area contributed by atoms with E-state index in [1.165, 1.54) is 4.90 Å².